The van der Waals surface area contributed by atoms with E-state index in [-0.39, 0.29) is 83.3 Å². The molecule has 6 nitrogen and oxygen atoms in total. The number of rotatable bonds is 6. The Morgan fingerprint density at radius 1 is 0.359 bits per heavy atom. The van der Waals surface area contributed by atoms with E-state index in [4.69, 9.17) is 153 Å². The molecule has 0 aliphatic carbocycles. The van der Waals surface area contributed by atoms with E-state index in [0.717, 1.165) is 0 Å². The van der Waals surface area contributed by atoms with Crippen molar-refractivity contribution in [2.45, 2.75) is 0 Å². The van der Waals surface area contributed by atoms with Crippen LogP contribution in [-0.4, -0.2) is 15.4 Å². The van der Waals surface area contributed by atoms with E-state index >= 15 is 0 Å². The summed E-state index contributed by atoms with van der Waals surface area (Å²) >= 11 is 74.4. The molecule has 0 bridgehead atoms. The lowest BCUT2D eigenvalue weighted by molar-refractivity contribution is 0.354. The molecule has 0 amide bonds. The Morgan fingerprint density at radius 2 is 0.667 bits per heavy atom. The molecular weight excluding hydrogens is 768 g/mol. The Hall–Kier alpha value is -0.450. The Labute approximate surface area is 279 Å². The van der Waals surface area contributed by atoms with Gasteiger partial charge in [-0.25, -0.2) is 0 Å². The summed E-state index contributed by atoms with van der Waals surface area (Å²) in [4.78, 5) is 0. The summed E-state index contributed by atoms with van der Waals surface area (Å²) in [5.74, 6) is -1.71. The van der Waals surface area contributed by atoms with Crippen LogP contribution in [0.4, 0.5) is 0 Å². The van der Waals surface area contributed by atoms with Crippen molar-refractivity contribution < 1.29 is 14.2 Å². The highest BCUT2D eigenvalue weighted by molar-refractivity contribution is 6.52. The van der Waals surface area contributed by atoms with Crippen molar-refractivity contribution in [2.24, 2.45) is 0 Å². The van der Waals surface area contributed by atoms with E-state index < -0.39 is 11.8 Å². The largest absolute Gasteiger partial charge is 0.443 e. The zero-order chi connectivity index (χ0) is 28.8. The topological polar surface area (TPSA) is 66.4 Å². The molecule has 0 aliphatic rings. The molecular formula is C21H3Cl12N3O3. The van der Waals surface area contributed by atoms with Crippen molar-refractivity contribution in [3.8, 4) is 34.8 Å². The molecule has 1 aromatic heterocycles. The molecule has 0 saturated carbocycles. The maximum atomic E-state index is 6.34. The molecule has 0 unspecified atom stereocenters. The minimum atomic E-state index is -0.410. The van der Waals surface area contributed by atoms with Crippen molar-refractivity contribution in [3.05, 3.63) is 78.5 Å². The van der Waals surface area contributed by atoms with Gasteiger partial charge in [0.1, 0.15) is 15.1 Å². The molecule has 0 spiro atoms. The Kier molecular flexibility index (Phi) is 10.4. The normalized spacial score (nSPS) is 11.1. The van der Waals surface area contributed by atoms with E-state index in [1.165, 1.54) is 18.2 Å². The van der Waals surface area contributed by atoms with E-state index in [9.17, 15) is 0 Å². The Bertz CT molecular complexity index is 1550. The second-order valence-electron chi connectivity index (χ2n) is 6.93. The van der Waals surface area contributed by atoms with Crippen molar-refractivity contribution in [3.63, 3.8) is 0 Å². The molecule has 4 aromatic rings. The van der Waals surface area contributed by atoms with Crippen LogP contribution in [-0.2, 0) is 0 Å². The van der Waals surface area contributed by atoms with Gasteiger partial charge in [0.2, 0.25) is 0 Å². The van der Waals surface area contributed by atoms with Crippen LogP contribution in [0.25, 0.3) is 0 Å². The molecule has 0 radical (unpaired) electrons. The molecule has 0 aliphatic heterocycles. The van der Waals surface area contributed by atoms with E-state index in [0.29, 0.717) is 0 Å². The van der Waals surface area contributed by atoms with Gasteiger partial charge in [-0.1, -0.05) is 149 Å². The highest BCUT2D eigenvalue weighted by Crippen LogP contribution is 2.52. The third-order valence-electron chi connectivity index (χ3n) is 4.48. The van der Waals surface area contributed by atoms with Gasteiger partial charge >= 0.3 is 0 Å². The first-order valence-electron chi connectivity index (χ1n) is 9.57. The van der Waals surface area contributed by atoms with E-state index in [1.54, 1.807) is 0 Å². The summed E-state index contributed by atoms with van der Waals surface area (Å²) in [5, 5.41) is 10.7. The molecule has 0 N–H and O–H groups in total. The maximum absolute atomic E-state index is 6.34. The van der Waals surface area contributed by atoms with Crippen LogP contribution in [0.15, 0.2) is 18.2 Å². The lowest BCUT2D eigenvalue weighted by Crippen LogP contribution is -2.03. The van der Waals surface area contributed by atoms with Crippen molar-refractivity contribution in [1.29, 1.82) is 0 Å². The van der Waals surface area contributed by atoms with Crippen molar-refractivity contribution in [1.82, 2.24) is 15.4 Å². The average molecular weight is 771 g/mol. The number of ether oxygens (including phenoxy) is 3. The average Bonchev–Trinajstić information content (AvgIpc) is 2.88. The van der Waals surface area contributed by atoms with Gasteiger partial charge in [-0.2, -0.15) is 0 Å². The van der Waals surface area contributed by atoms with Crippen LogP contribution >= 0.6 is 139 Å². The van der Waals surface area contributed by atoms with Crippen LogP contribution in [0.1, 0.15) is 0 Å². The standard InChI is InChI=1S/C21H3Cl12N3O3/c22-4-1-7(25)16(13(31)10(4)28)37-19-20(38-17-8(26)2-5(23)11(29)14(17)32)34-36-35-21(19)39-18-9(27)3-6(24)12(30)15(18)33/h1-3H. The second-order valence-corrected chi connectivity index (χ2v) is 11.6. The zero-order valence-corrected chi connectivity index (χ0v) is 26.9. The smallest absolute Gasteiger partial charge is 0.290 e. The molecule has 0 atom stereocenters. The third kappa shape index (κ3) is 6.48. The molecule has 0 fully saturated rings. The molecule has 204 valence electrons. The summed E-state index contributed by atoms with van der Waals surface area (Å²) in [6.07, 6.45) is 0. The molecule has 18 heteroatoms. The lowest BCUT2D eigenvalue weighted by atomic mass is 10.3. The fourth-order valence-corrected chi connectivity index (χ4v) is 5.67. The predicted octanol–water partition coefficient (Wildman–Crippen LogP) is 13.1. The second kappa shape index (κ2) is 12.8. The Morgan fingerprint density at radius 3 is 1.00 bits per heavy atom. The molecule has 3 aromatic carbocycles. The summed E-state index contributed by atoms with van der Waals surface area (Å²) in [6, 6.07) is 3.87. The number of hydrogen-bond acceptors (Lipinski definition) is 6. The number of nitrogens with zero attached hydrogens (tertiary/aromatic N) is 3. The SMILES string of the molecule is Clc1cc(Cl)c(Oc2nnnc(Oc3c(Cl)cc(Cl)c(Cl)c3Cl)c2Oc2c(Cl)cc(Cl)c(Cl)c2Cl)c(Cl)c1Cl. The summed E-state index contributed by atoms with van der Waals surface area (Å²) in [6.45, 7) is 0. The fourth-order valence-electron chi connectivity index (χ4n) is 2.73. The number of aromatic nitrogens is 3. The van der Waals surface area contributed by atoms with Crippen molar-refractivity contribution >= 4 is 139 Å². The number of benzene rings is 3. The minimum Gasteiger partial charge on any atom is -0.443 e. The van der Waals surface area contributed by atoms with Crippen LogP contribution < -0.4 is 14.2 Å². The van der Waals surface area contributed by atoms with Gasteiger partial charge in [-0.15, -0.1) is 0 Å². The van der Waals surface area contributed by atoms with Gasteiger partial charge in [-0.3, -0.25) is 0 Å². The monoisotopic (exact) mass is 765 g/mol. The number of halogens is 12. The van der Waals surface area contributed by atoms with Crippen molar-refractivity contribution in [2.75, 3.05) is 0 Å². The van der Waals surface area contributed by atoms with Gasteiger partial charge < -0.3 is 14.2 Å². The van der Waals surface area contributed by atoms with Crippen LogP contribution in [0.5, 0.6) is 34.8 Å². The Balaban J connectivity index is 1.92. The summed E-state index contributed by atoms with van der Waals surface area (Å²) in [7, 11) is 0. The highest BCUT2D eigenvalue weighted by Gasteiger charge is 2.28. The van der Waals surface area contributed by atoms with Gasteiger partial charge in [0.25, 0.3) is 17.5 Å². The molecule has 39 heavy (non-hydrogen) atoms. The van der Waals surface area contributed by atoms with Gasteiger partial charge in [-0.05, 0) is 23.4 Å². The van der Waals surface area contributed by atoms with Crippen LogP contribution in [0, 0.1) is 0 Å². The zero-order valence-electron chi connectivity index (χ0n) is 17.8. The van der Waals surface area contributed by atoms with Gasteiger partial charge in [0.15, 0.2) is 17.2 Å². The maximum Gasteiger partial charge on any atom is 0.290 e. The van der Waals surface area contributed by atoms with Crippen LogP contribution in [0.2, 0.25) is 60.3 Å². The van der Waals surface area contributed by atoms with E-state index in [1.807, 2.05) is 0 Å². The van der Waals surface area contributed by atoms with Gasteiger partial charge in [0, 0.05) is 0 Å². The minimum absolute atomic E-state index is 0.0393. The predicted molar refractivity (Wildman–Crippen MR) is 159 cm³/mol. The molecule has 1 heterocycles. The summed E-state index contributed by atoms with van der Waals surface area (Å²) < 4.78 is 17.6. The third-order valence-corrected chi connectivity index (χ3v) is 9.05. The quantitative estimate of drug-likeness (QED) is 0.144. The molecule has 4 rings (SSSR count). The first-order chi connectivity index (χ1) is 18.3. The lowest BCUT2D eigenvalue weighted by Gasteiger charge is -2.18. The van der Waals surface area contributed by atoms with Crippen LogP contribution in [0.3, 0.4) is 0 Å². The first-order valence-corrected chi connectivity index (χ1v) is 14.1. The van der Waals surface area contributed by atoms with E-state index in [2.05, 4.69) is 15.4 Å². The number of hydrogen-bond donors (Lipinski definition) is 0. The molecule has 0 saturated heterocycles. The fraction of sp³-hybridized carbons (Fsp3) is 0. The first kappa shape index (κ1) is 31.5. The highest BCUT2D eigenvalue weighted by atomic mass is 35.5. The summed E-state index contributed by atoms with van der Waals surface area (Å²) in [5.41, 5.74) is 0. The van der Waals surface area contributed by atoms with Gasteiger partial charge in [0.05, 0.1) is 45.2 Å².